The fourth-order valence-corrected chi connectivity index (χ4v) is 3.95. The summed E-state index contributed by atoms with van der Waals surface area (Å²) in [5.41, 5.74) is 3.21. The number of carbonyl (C=O) groups excluding carboxylic acids is 2. The van der Waals surface area contributed by atoms with Crippen molar-refractivity contribution in [2.75, 3.05) is 20.2 Å². The minimum Gasteiger partial charge on any atom is -0.497 e. The van der Waals surface area contributed by atoms with Gasteiger partial charge in [0.15, 0.2) is 0 Å². The predicted molar refractivity (Wildman–Crippen MR) is 132 cm³/mol. The summed E-state index contributed by atoms with van der Waals surface area (Å²) < 4.78 is 5.12. The topological polar surface area (TPSA) is 70.7 Å². The molecule has 0 aromatic heterocycles. The molecule has 2 N–H and O–H groups in total. The van der Waals surface area contributed by atoms with Gasteiger partial charge in [-0.3, -0.25) is 14.5 Å². The van der Waals surface area contributed by atoms with Crippen molar-refractivity contribution in [3.05, 3.63) is 71.3 Å². The van der Waals surface area contributed by atoms with Gasteiger partial charge in [0.05, 0.1) is 7.11 Å². The van der Waals surface area contributed by atoms with Crippen molar-refractivity contribution < 1.29 is 14.3 Å². The maximum Gasteiger partial charge on any atom is 0.244 e. The van der Waals surface area contributed by atoms with Crippen LogP contribution in [0.2, 0.25) is 0 Å². The summed E-state index contributed by atoms with van der Waals surface area (Å²) in [5.74, 6) is 0.237. The number of hydrogen-bond acceptors (Lipinski definition) is 4. The first-order chi connectivity index (χ1) is 16.0. The molecule has 2 aromatic carbocycles. The molecule has 1 aliphatic rings. The highest BCUT2D eigenvalue weighted by Crippen LogP contribution is 2.15. The molecule has 0 spiro atoms. The molecule has 0 radical (unpaired) electrons. The van der Waals surface area contributed by atoms with E-state index in [1.54, 1.807) is 20.1 Å². The van der Waals surface area contributed by atoms with Crippen LogP contribution in [0.5, 0.6) is 5.75 Å². The monoisotopic (exact) mass is 449 g/mol. The van der Waals surface area contributed by atoms with Crippen molar-refractivity contribution in [3.8, 4) is 5.75 Å². The second kappa shape index (κ2) is 12.8. The first-order valence-electron chi connectivity index (χ1n) is 11.7. The first kappa shape index (κ1) is 24.5. The van der Waals surface area contributed by atoms with E-state index in [0.29, 0.717) is 6.54 Å². The Kier molecular flexibility index (Phi) is 9.51. The first-order valence-corrected chi connectivity index (χ1v) is 11.7. The number of benzene rings is 2. The molecule has 1 aliphatic heterocycles. The lowest BCUT2D eigenvalue weighted by Crippen LogP contribution is -2.44. The minimum atomic E-state index is -0.627. The number of nitrogens with zero attached hydrogens (tertiary/aromatic N) is 1. The molecule has 0 aliphatic carbocycles. The maximum atomic E-state index is 12.5. The number of nitrogens with one attached hydrogen (secondary N) is 2. The van der Waals surface area contributed by atoms with Crippen LogP contribution in [0.1, 0.15) is 49.3 Å². The van der Waals surface area contributed by atoms with Gasteiger partial charge >= 0.3 is 0 Å². The van der Waals surface area contributed by atoms with E-state index >= 15 is 0 Å². The van der Waals surface area contributed by atoms with E-state index in [9.17, 15) is 9.59 Å². The fourth-order valence-electron chi connectivity index (χ4n) is 3.95. The molecule has 2 aromatic rings. The smallest absolute Gasteiger partial charge is 0.244 e. The molecule has 1 heterocycles. The van der Waals surface area contributed by atoms with Gasteiger partial charge in [0.1, 0.15) is 11.8 Å². The number of amides is 2. The number of ether oxygens (including phenoxy) is 1. The number of rotatable bonds is 9. The van der Waals surface area contributed by atoms with Crippen molar-refractivity contribution in [1.29, 1.82) is 0 Å². The van der Waals surface area contributed by atoms with Crippen molar-refractivity contribution in [2.45, 2.75) is 51.7 Å². The summed E-state index contributed by atoms with van der Waals surface area (Å²) in [6, 6.07) is 15.1. The van der Waals surface area contributed by atoms with Crippen LogP contribution in [-0.4, -0.2) is 43.0 Å². The summed E-state index contributed by atoms with van der Waals surface area (Å²) in [6.07, 6.45) is 8.33. The van der Waals surface area contributed by atoms with Crippen LogP contribution in [0.4, 0.5) is 0 Å². The Labute approximate surface area is 197 Å². The van der Waals surface area contributed by atoms with Crippen molar-refractivity contribution in [2.24, 2.45) is 0 Å². The van der Waals surface area contributed by atoms with Gasteiger partial charge in [-0.15, -0.1) is 0 Å². The maximum absolute atomic E-state index is 12.5. The Bertz CT molecular complexity index is 932. The summed E-state index contributed by atoms with van der Waals surface area (Å²) >= 11 is 0. The quantitative estimate of drug-likeness (QED) is 0.570. The van der Waals surface area contributed by atoms with Crippen LogP contribution in [-0.2, 0) is 22.7 Å². The second-order valence-electron chi connectivity index (χ2n) is 8.56. The number of hydrogen-bond donors (Lipinski definition) is 2. The Morgan fingerprint density at radius 1 is 1.03 bits per heavy atom. The van der Waals surface area contributed by atoms with Gasteiger partial charge in [-0.05, 0) is 67.8 Å². The fraction of sp³-hybridized carbons (Fsp3) is 0.407. The highest BCUT2D eigenvalue weighted by atomic mass is 16.5. The zero-order valence-electron chi connectivity index (χ0n) is 19.7. The van der Waals surface area contributed by atoms with E-state index in [0.717, 1.165) is 36.5 Å². The van der Waals surface area contributed by atoms with E-state index in [1.807, 2.05) is 36.4 Å². The SMILES string of the molecule is COc1ccc(/C=C/C(=O)N[C@@H](C)C(=O)NCc2cccc(CN3CCCCCC3)c2)cc1. The number of methoxy groups -OCH3 is 1. The van der Waals surface area contributed by atoms with Gasteiger partial charge in [0.25, 0.3) is 0 Å². The van der Waals surface area contributed by atoms with E-state index < -0.39 is 6.04 Å². The molecule has 6 nitrogen and oxygen atoms in total. The van der Waals surface area contributed by atoms with Gasteiger partial charge < -0.3 is 15.4 Å². The van der Waals surface area contributed by atoms with Gasteiger partial charge in [-0.2, -0.15) is 0 Å². The number of carbonyl (C=O) groups is 2. The van der Waals surface area contributed by atoms with Crippen LogP contribution in [0.25, 0.3) is 6.08 Å². The molecule has 0 saturated carbocycles. The average molecular weight is 450 g/mol. The molecule has 2 amide bonds. The third kappa shape index (κ3) is 8.39. The highest BCUT2D eigenvalue weighted by molar-refractivity contribution is 5.95. The van der Waals surface area contributed by atoms with Crippen LogP contribution >= 0.6 is 0 Å². The molecule has 0 unspecified atom stereocenters. The third-order valence-electron chi connectivity index (χ3n) is 5.86. The van der Waals surface area contributed by atoms with E-state index in [4.69, 9.17) is 4.74 Å². The Balaban J connectivity index is 1.44. The van der Waals surface area contributed by atoms with Crippen LogP contribution in [0.15, 0.2) is 54.6 Å². The zero-order chi connectivity index (χ0) is 23.5. The molecular formula is C27H35N3O3. The van der Waals surface area contributed by atoms with Crippen molar-refractivity contribution in [3.63, 3.8) is 0 Å². The minimum absolute atomic E-state index is 0.209. The van der Waals surface area contributed by atoms with Crippen LogP contribution < -0.4 is 15.4 Å². The molecule has 1 saturated heterocycles. The predicted octanol–water partition coefficient (Wildman–Crippen LogP) is 3.91. The Morgan fingerprint density at radius 2 is 1.73 bits per heavy atom. The normalized spacial score (nSPS) is 15.6. The Hall–Kier alpha value is -3.12. The van der Waals surface area contributed by atoms with Gasteiger partial charge in [0, 0.05) is 19.2 Å². The zero-order valence-corrected chi connectivity index (χ0v) is 19.7. The van der Waals surface area contributed by atoms with Crippen LogP contribution in [0.3, 0.4) is 0 Å². The summed E-state index contributed by atoms with van der Waals surface area (Å²) in [6.45, 7) is 5.39. The van der Waals surface area contributed by atoms with Crippen LogP contribution in [0, 0.1) is 0 Å². The highest BCUT2D eigenvalue weighted by Gasteiger charge is 2.14. The average Bonchev–Trinajstić information content (AvgIpc) is 3.10. The molecule has 0 bridgehead atoms. The lowest BCUT2D eigenvalue weighted by molar-refractivity contribution is -0.126. The molecule has 1 atom stereocenters. The van der Waals surface area contributed by atoms with E-state index in [-0.39, 0.29) is 11.8 Å². The van der Waals surface area contributed by atoms with Gasteiger partial charge in [-0.1, -0.05) is 49.2 Å². The molecule has 33 heavy (non-hydrogen) atoms. The van der Waals surface area contributed by atoms with E-state index in [1.165, 1.54) is 37.3 Å². The van der Waals surface area contributed by atoms with Crippen molar-refractivity contribution >= 4 is 17.9 Å². The largest absolute Gasteiger partial charge is 0.497 e. The third-order valence-corrected chi connectivity index (χ3v) is 5.86. The second-order valence-corrected chi connectivity index (χ2v) is 8.56. The molecule has 3 rings (SSSR count). The lowest BCUT2D eigenvalue weighted by Gasteiger charge is -2.20. The summed E-state index contributed by atoms with van der Waals surface area (Å²) in [7, 11) is 1.61. The number of likely N-dealkylation sites (tertiary alicyclic amines) is 1. The molecule has 1 fully saturated rings. The van der Waals surface area contributed by atoms with Gasteiger partial charge in [-0.25, -0.2) is 0 Å². The molecular weight excluding hydrogens is 414 g/mol. The standard InChI is InChI=1S/C27H35N3O3/c1-21(29-26(31)15-12-22-10-13-25(33-2)14-11-22)27(32)28-19-23-8-7-9-24(18-23)20-30-16-5-3-4-6-17-30/h7-15,18,21H,3-6,16-17,19-20H2,1-2H3,(H,28,32)(H,29,31)/b15-12+/t21-/m0/s1. The Morgan fingerprint density at radius 3 is 2.42 bits per heavy atom. The van der Waals surface area contributed by atoms with E-state index in [2.05, 4.69) is 27.7 Å². The van der Waals surface area contributed by atoms with Crippen molar-refractivity contribution in [1.82, 2.24) is 15.5 Å². The molecule has 176 valence electrons. The lowest BCUT2D eigenvalue weighted by atomic mass is 10.1. The summed E-state index contributed by atoms with van der Waals surface area (Å²) in [4.78, 5) is 27.2. The molecule has 6 heteroatoms. The van der Waals surface area contributed by atoms with Gasteiger partial charge in [0.2, 0.25) is 11.8 Å². The summed E-state index contributed by atoms with van der Waals surface area (Å²) in [5, 5.41) is 5.64.